The van der Waals surface area contributed by atoms with Crippen LogP contribution in [0.3, 0.4) is 0 Å². The van der Waals surface area contributed by atoms with Gasteiger partial charge in [0.05, 0.1) is 26.5 Å². The van der Waals surface area contributed by atoms with Crippen LogP contribution in [0.1, 0.15) is 25.3 Å². The van der Waals surface area contributed by atoms with Gasteiger partial charge in [-0.1, -0.05) is 26.0 Å². The molecule has 0 bridgehead atoms. The van der Waals surface area contributed by atoms with E-state index >= 15 is 0 Å². The number of hydrogen-bond acceptors (Lipinski definition) is 4. The summed E-state index contributed by atoms with van der Waals surface area (Å²) in [5.41, 5.74) is 1.80. The molecule has 26 heavy (non-hydrogen) atoms. The molecule has 2 aromatic carbocycles. The van der Waals surface area contributed by atoms with Crippen molar-refractivity contribution in [1.82, 2.24) is 5.32 Å². The summed E-state index contributed by atoms with van der Waals surface area (Å²) in [6, 6.07) is 12.8. The third kappa shape index (κ3) is 5.58. The summed E-state index contributed by atoms with van der Waals surface area (Å²) in [5.74, 6) is 2.46. The zero-order chi connectivity index (χ0) is 18.9. The molecular weight excluding hydrogens is 332 g/mol. The van der Waals surface area contributed by atoms with Gasteiger partial charge in [-0.15, -0.1) is 0 Å². The second-order valence-electron chi connectivity index (χ2n) is 6.02. The minimum Gasteiger partial charge on any atom is -0.497 e. The summed E-state index contributed by atoms with van der Waals surface area (Å²) < 4.78 is 16.0. The summed E-state index contributed by atoms with van der Waals surface area (Å²) in [5, 5.41) is 5.49. The van der Waals surface area contributed by atoms with Crippen LogP contribution < -0.4 is 24.8 Å². The third-order valence-electron chi connectivity index (χ3n) is 3.86. The van der Waals surface area contributed by atoms with E-state index < -0.39 is 0 Å². The number of carbonyl (C=O) groups is 1. The first kappa shape index (κ1) is 19.4. The zero-order valence-corrected chi connectivity index (χ0v) is 15.7. The van der Waals surface area contributed by atoms with Crippen LogP contribution in [0.4, 0.5) is 10.5 Å². The van der Waals surface area contributed by atoms with E-state index in [1.165, 1.54) is 5.56 Å². The molecule has 6 heteroatoms. The third-order valence-corrected chi connectivity index (χ3v) is 3.86. The first-order chi connectivity index (χ1) is 12.5. The molecule has 2 rings (SSSR count). The highest BCUT2D eigenvalue weighted by Crippen LogP contribution is 2.28. The quantitative estimate of drug-likeness (QED) is 0.699. The predicted octanol–water partition coefficient (Wildman–Crippen LogP) is 4.03. The number of benzene rings is 2. The van der Waals surface area contributed by atoms with E-state index in [1.807, 2.05) is 12.1 Å². The lowest BCUT2D eigenvalue weighted by atomic mass is 10.0. The maximum absolute atomic E-state index is 12.0. The van der Waals surface area contributed by atoms with Crippen molar-refractivity contribution in [2.75, 3.05) is 32.7 Å². The fourth-order valence-electron chi connectivity index (χ4n) is 2.36. The van der Waals surface area contributed by atoms with Gasteiger partial charge in [0.25, 0.3) is 0 Å². The van der Waals surface area contributed by atoms with Crippen molar-refractivity contribution in [2.24, 2.45) is 0 Å². The van der Waals surface area contributed by atoms with E-state index in [2.05, 4.69) is 36.6 Å². The van der Waals surface area contributed by atoms with Gasteiger partial charge >= 0.3 is 6.03 Å². The Morgan fingerprint density at radius 3 is 2.31 bits per heavy atom. The summed E-state index contributed by atoms with van der Waals surface area (Å²) >= 11 is 0. The van der Waals surface area contributed by atoms with Crippen LogP contribution in [0.5, 0.6) is 17.2 Å². The number of urea groups is 1. The van der Waals surface area contributed by atoms with Crippen LogP contribution in [-0.4, -0.2) is 33.4 Å². The largest absolute Gasteiger partial charge is 0.497 e. The van der Waals surface area contributed by atoms with Gasteiger partial charge in [0.1, 0.15) is 23.9 Å². The number of amides is 2. The van der Waals surface area contributed by atoms with Gasteiger partial charge in [0.2, 0.25) is 0 Å². The maximum Gasteiger partial charge on any atom is 0.319 e. The maximum atomic E-state index is 12.0. The van der Waals surface area contributed by atoms with E-state index in [9.17, 15) is 4.79 Å². The van der Waals surface area contributed by atoms with Crippen LogP contribution in [0.15, 0.2) is 42.5 Å². The summed E-state index contributed by atoms with van der Waals surface area (Å²) in [6.07, 6.45) is 0. The molecule has 0 spiro atoms. The Kier molecular flexibility index (Phi) is 7.14. The molecule has 2 N–H and O–H groups in total. The number of hydrogen-bond donors (Lipinski definition) is 2. The molecule has 0 saturated carbocycles. The number of rotatable bonds is 8. The SMILES string of the molecule is COc1ccc(OC)c(NC(=O)NCCOc2ccc(C(C)C)cc2)c1. The highest BCUT2D eigenvalue weighted by atomic mass is 16.5. The molecule has 0 unspecified atom stereocenters. The Bertz CT molecular complexity index is 714. The zero-order valence-electron chi connectivity index (χ0n) is 15.7. The van der Waals surface area contributed by atoms with Gasteiger partial charge in [-0.2, -0.15) is 0 Å². The smallest absolute Gasteiger partial charge is 0.319 e. The number of carbonyl (C=O) groups excluding carboxylic acids is 1. The average molecular weight is 358 g/mol. The molecule has 0 fully saturated rings. The van der Waals surface area contributed by atoms with Gasteiger partial charge in [0.15, 0.2) is 0 Å². The van der Waals surface area contributed by atoms with E-state index in [1.54, 1.807) is 32.4 Å². The topological polar surface area (TPSA) is 68.8 Å². The van der Waals surface area contributed by atoms with Crippen LogP contribution in [0, 0.1) is 0 Å². The van der Waals surface area contributed by atoms with E-state index in [-0.39, 0.29) is 6.03 Å². The second kappa shape index (κ2) is 9.56. The molecule has 0 radical (unpaired) electrons. The molecule has 0 heterocycles. The monoisotopic (exact) mass is 358 g/mol. The minimum absolute atomic E-state index is 0.338. The van der Waals surface area contributed by atoms with Crippen LogP contribution in [0.25, 0.3) is 0 Å². The highest BCUT2D eigenvalue weighted by Gasteiger charge is 2.08. The Labute approximate surface area is 154 Å². The molecule has 0 saturated heterocycles. The standard InChI is InChI=1S/C20H26N2O4/c1-14(2)15-5-7-16(8-6-15)26-12-11-21-20(23)22-18-13-17(24-3)9-10-19(18)25-4/h5-10,13-14H,11-12H2,1-4H3,(H2,21,22,23). The van der Waals surface area contributed by atoms with Crippen molar-refractivity contribution in [3.63, 3.8) is 0 Å². The van der Waals surface area contributed by atoms with Gasteiger partial charge in [0, 0.05) is 6.07 Å². The Morgan fingerprint density at radius 2 is 1.69 bits per heavy atom. The van der Waals surface area contributed by atoms with Gasteiger partial charge in [-0.05, 0) is 35.7 Å². The summed E-state index contributed by atoms with van der Waals surface area (Å²) in [6.45, 7) is 5.05. The number of nitrogens with one attached hydrogen (secondary N) is 2. The number of anilines is 1. The molecule has 0 aliphatic carbocycles. The number of ether oxygens (including phenoxy) is 3. The molecule has 2 aromatic rings. The lowest BCUT2D eigenvalue weighted by molar-refractivity contribution is 0.247. The Morgan fingerprint density at radius 1 is 1.00 bits per heavy atom. The normalized spacial score (nSPS) is 10.3. The molecule has 0 aliphatic heterocycles. The van der Waals surface area contributed by atoms with Gasteiger partial charge in [-0.3, -0.25) is 0 Å². The molecule has 2 amide bonds. The minimum atomic E-state index is -0.338. The first-order valence-corrected chi connectivity index (χ1v) is 8.53. The molecule has 0 aromatic heterocycles. The fourth-order valence-corrected chi connectivity index (χ4v) is 2.36. The summed E-state index contributed by atoms with van der Waals surface area (Å²) in [4.78, 5) is 12.0. The lowest BCUT2D eigenvalue weighted by Crippen LogP contribution is -2.32. The van der Waals surface area contributed by atoms with Gasteiger partial charge in [-0.25, -0.2) is 4.79 Å². The van der Waals surface area contributed by atoms with Crippen LogP contribution in [-0.2, 0) is 0 Å². The van der Waals surface area contributed by atoms with Crippen molar-refractivity contribution in [1.29, 1.82) is 0 Å². The van der Waals surface area contributed by atoms with Crippen molar-refractivity contribution >= 4 is 11.7 Å². The summed E-state index contributed by atoms with van der Waals surface area (Å²) in [7, 11) is 3.11. The van der Waals surface area contributed by atoms with Crippen LogP contribution in [0.2, 0.25) is 0 Å². The molecule has 0 atom stereocenters. The van der Waals surface area contributed by atoms with Crippen molar-refractivity contribution < 1.29 is 19.0 Å². The van der Waals surface area contributed by atoms with E-state index in [0.29, 0.717) is 36.3 Å². The van der Waals surface area contributed by atoms with E-state index in [0.717, 1.165) is 5.75 Å². The van der Waals surface area contributed by atoms with Gasteiger partial charge < -0.3 is 24.8 Å². The molecule has 6 nitrogen and oxygen atoms in total. The Hall–Kier alpha value is -2.89. The first-order valence-electron chi connectivity index (χ1n) is 8.53. The number of methoxy groups -OCH3 is 2. The van der Waals surface area contributed by atoms with Crippen molar-refractivity contribution in [3.8, 4) is 17.2 Å². The second-order valence-corrected chi connectivity index (χ2v) is 6.02. The molecule has 0 aliphatic rings. The Balaban J connectivity index is 1.78. The molecule has 140 valence electrons. The fraction of sp³-hybridized carbons (Fsp3) is 0.350. The van der Waals surface area contributed by atoms with Crippen LogP contribution >= 0.6 is 0 Å². The van der Waals surface area contributed by atoms with Crippen molar-refractivity contribution in [2.45, 2.75) is 19.8 Å². The average Bonchev–Trinajstić information content (AvgIpc) is 2.65. The highest BCUT2D eigenvalue weighted by molar-refractivity contribution is 5.91. The predicted molar refractivity (Wildman–Crippen MR) is 103 cm³/mol. The lowest BCUT2D eigenvalue weighted by Gasteiger charge is -2.13. The van der Waals surface area contributed by atoms with E-state index in [4.69, 9.17) is 14.2 Å². The van der Waals surface area contributed by atoms with Crippen molar-refractivity contribution in [3.05, 3.63) is 48.0 Å². The molecular formula is C20H26N2O4.